The van der Waals surface area contributed by atoms with Crippen LogP contribution < -0.4 is 15.8 Å². The SMILES string of the molecule is NN(CC(O)CN1C(=O)c2ccccc2C1=O)c1ccc(N2CCOCC2=O)cc1. The number of anilines is 2. The van der Waals surface area contributed by atoms with E-state index in [-0.39, 0.29) is 25.6 Å². The van der Waals surface area contributed by atoms with Gasteiger partial charge in [-0.15, -0.1) is 0 Å². The number of ether oxygens (including phenoxy) is 1. The smallest absolute Gasteiger partial charge is 0.261 e. The van der Waals surface area contributed by atoms with Crippen LogP contribution in [-0.2, 0) is 9.53 Å². The maximum Gasteiger partial charge on any atom is 0.261 e. The zero-order valence-corrected chi connectivity index (χ0v) is 16.2. The lowest BCUT2D eigenvalue weighted by Gasteiger charge is -2.28. The van der Waals surface area contributed by atoms with Crippen molar-refractivity contribution in [2.45, 2.75) is 6.10 Å². The predicted molar refractivity (Wildman–Crippen MR) is 109 cm³/mol. The van der Waals surface area contributed by atoms with Gasteiger partial charge in [0.05, 0.1) is 42.6 Å². The number of rotatable bonds is 6. The molecule has 2 aliphatic rings. The Balaban J connectivity index is 1.37. The molecular formula is C21H22N4O5. The van der Waals surface area contributed by atoms with Gasteiger partial charge in [-0.1, -0.05) is 12.1 Å². The van der Waals surface area contributed by atoms with E-state index in [1.165, 1.54) is 5.01 Å². The summed E-state index contributed by atoms with van der Waals surface area (Å²) < 4.78 is 5.13. The highest BCUT2D eigenvalue weighted by Crippen LogP contribution is 2.24. The molecule has 1 unspecified atom stereocenters. The molecule has 2 heterocycles. The van der Waals surface area contributed by atoms with E-state index in [1.54, 1.807) is 53.4 Å². The molecule has 2 aromatic carbocycles. The number of aliphatic hydroxyl groups is 1. The number of benzene rings is 2. The van der Waals surface area contributed by atoms with Gasteiger partial charge >= 0.3 is 0 Å². The van der Waals surface area contributed by atoms with Crippen molar-refractivity contribution in [3.63, 3.8) is 0 Å². The molecule has 2 aromatic rings. The lowest BCUT2D eigenvalue weighted by atomic mass is 10.1. The molecule has 1 saturated heterocycles. The summed E-state index contributed by atoms with van der Waals surface area (Å²) in [5, 5.41) is 11.8. The first-order valence-electron chi connectivity index (χ1n) is 9.59. The van der Waals surface area contributed by atoms with Crippen molar-refractivity contribution in [3.8, 4) is 0 Å². The molecule has 30 heavy (non-hydrogen) atoms. The molecule has 9 nitrogen and oxygen atoms in total. The summed E-state index contributed by atoms with van der Waals surface area (Å²) in [4.78, 5) is 39.5. The maximum absolute atomic E-state index is 12.4. The Morgan fingerprint density at radius 2 is 1.67 bits per heavy atom. The molecule has 2 aliphatic heterocycles. The number of nitrogens with zero attached hydrogens (tertiary/aromatic N) is 3. The van der Waals surface area contributed by atoms with Crippen LogP contribution in [0.4, 0.5) is 11.4 Å². The molecule has 0 aromatic heterocycles. The summed E-state index contributed by atoms with van der Waals surface area (Å²) in [5.41, 5.74) is 2.05. The minimum absolute atomic E-state index is 0.0171. The summed E-state index contributed by atoms with van der Waals surface area (Å²) in [6.45, 7) is 0.905. The predicted octanol–water partition coefficient (Wildman–Crippen LogP) is 0.387. The fourth-order valence-electron chi connectivity index (χ4n) is 3.62. The molecule has 0 bridgehead atoms. The van der Waals surface area contributed by atoms with Crippen molar-refractivity contribution in [2.75, 3.05) is 42.8 Å². The van der Waals surface area contributed by atoms with Gasteiger partial charge in [0.25, 0.3) is 17.7 Å². The van der Waals surface area contributed by atoms with Crippen LogP contribution in [0.1, 0.15) is 20.7 Å². The standard InChI is InChI=1S/C21H22N4O5/c22-25(15-7-5-14(6-8-15)23-9-10-30-13-19(23)27)12-16(26)11-24-20(28)17-3-1-2-4-18(17)21(24)29/h1-8,16,26H,9-13,22H2. The van der Waals surface area contributed by atoms with Crippen molar-refractivity contribution in [2.24, 2.45) is 5.84 Å². The van der Waals surface area contributed by atoms with Crippen LogP contribution in [-0.4, -0.2) is 66.7 Å². The van der Waals surface area contributed by atoms with Gasteiger partial charge in [-0.2, -0.15) is 0 Å². The third-order valence-electron chi connectivity index (χ3n) is 5.16. The van der Waals surface area contributed by atoms with Crippen LogP contribution in [0.3, 0.4) is 0 Å². The van der Waals surface area contributed by atoms with Crippen molar-refractivity contribution in [1.82, 2.24) is 4.90 Å². The third kappa shape index (κ3) is 3.78. The lowest BCUT2D eigenvalue weighted by molar-refractivity contribution is -0.125. The number of carbonyl (C=O) groups excluding carboxylic acids is 3. The first-order chi connectivity index (χ1) is 14.5. The van der Waals surface area contributed by atoms with Gasteiger partial charge in [0.15, 0.2) is 0 Å². The van der Waals surface area contributed by atoms with Gasteiger partial charge in [0.1, 0.15) is 6.61 Å². The van der Waals surface area contributed by atoms with Gasteiger partial charge in [-0.25, -0.2) is 5.84 Å². The van der Waals surface area contributed by atoms with Crippen LogP contribution in [0.2, 0.25) is 0 Å². The summed E-state index contributed by atoms with van der Waals surface area (Å²) >= 11 is 0. The van der Waals surface area contributed by atoms with E-state index < -0.39 is 17.9 Å². The highest BCUT2D eigenvalue weighted by molar-refractivity contribution is 6.21. The number of nitrogens with two attached hydrogens (primary N) is 1. The van der Waals surface area contributed by atoms with Crippen LogP contribution in [0.15, 0.2) is 48.5 Å². The number of amides is 3. The Hall–Kier alpha value is -3.27. The zero-order chi connectivity index (χ0) is 21.3. The van der Waals surface area contributed by atoms with E-state index in [9.17, 15) is 19.5 Å². The summed E-state index contributed by atoms with van der Waals surface area (Å²) in [6, 6.07) is 13.6. The lowest BCUT2D eigenvalue weighted by Crippen LogP contribution is -2.45. The third-order valence-corrected chi connectivity index (χ3v) is 5.16. The topological polar surface area (TPSA) is 116 Å². The zero-order valence-electron chi connectivity index (χ0n) is 16.2. The molecule has 4 rings (SSSR count). The Labute approximate surface area is 173 Å². The highest BCUT2D eigenvalue weighted by Gasteiger charge is 2.36. The Morgan fingerprint density at radius 1 is 1.03 bits per heavy atom. The molecule has 3 amide bonds. The van der Waals surface area contributed by atoms with Crippen LogP contribution in [0, 0.1) is 0 Å². The number of hydrogen-bond donors (Lipinski definition) is 2. The second-order valence-corrected chi connectivity index (χ2v) is 7.19. The fraction of sp³-hybridized carbons (Fsp3) is 0.286. The average molecular weight is 410 g/mol. The molecule has 9 heteroatoms. The van der Waals surface area contributed by atoms with Gasteiger partial charge in [0.2, 0.25) is 0 Å². The molecule has 0 saturated carbocycles. The fourth-order valence-corrected chi connectivity index (χ4v) is 3.62. The molecule has 0 spiro atoms. The van der Waals surface area contributed by atoms with Gasteiger partial charge in [-0.3, -0.25) is 19.3 Å². The van der Waals surface area contributed by atoms with Crippen molar-refractivity contribution in [1.29, 1.82) is 0 Å². The summed E-state index contributed by atoms with van der Waals surface area (Å²) in [6.07, 6.45) is -1.03. The second kappa shape index (κ2) is 8.23. The van der Waals surface area contributed by atoms with E-state index in [1.807, 2.05) is 0 Å². The number of carbonyl (C=O) groups is 3. The average Bonchev–Trinajstić information content (AvgIpc) is 2.99. The Kier molecular flexibility index (Phi) is 5.49. The van der Waals surface area contributed by atoms with E-state index in [0.717, 1.165) is 10.6 Å². The minimum atomic E-state index is -1.03. The number of morpholine rings is 1. The van der Waals surface area contributed by atoms with Gasteiger partial charge in [0, 0.05) is 12.2 Å². The molecule has 0 aliphatic carbocycles. The molecule has 156 valence electrons. The van der Waals surface area contributed by atoms with Gasteiger partial charge < -0.3 is 19.8 Å². The largest absolute Gasteiger partial charge is 0.389 e. The minimum Gasteiger partial charge on any atom is -0.389 e. The number of fused-ring (bicyclic) bond motifs is 1. The van der Waals surface area contributed by atoms with Crippen LogP contribution in [0.25, 0.3) is 0 Å². The highest BCUT2D eigenvalue weighted by atomic mass is 16.5. The number of aliphatic hydroxyl groups excluding tert-OH is 1. The molecule has 3 N–H and O–H groups in total. The van der Waals surface area contributed by atoms with E-state index in [0.29, 0.717) is 30.0 Å². The summed E-state index contributed by atoms with van der Waals surface area (Å²) in [5.74, 6) is 5.12. The normalized spacial score (nSPS) is 17.3. The van der Waals surface area contributed by atoms with Gasteiger partial charge in [-0.05, 0) is 36.4 Å². The molecule has 1 atom stereocenters. The molecular weight excluding hydrogens is 388 g/mol. The Morgan fingerprint density at radius 3 is 2.27 bits per heavy atom. The van der Waals surface area contributed by atoms with Crippen molar-refractivity contribution < 1.29 is 24.2 Å². The second-order valence-electron chi connectivity index (χ2n) is 7.19. The Bertz CT molecular complexity index is 943. The number of hydrogen-bond acceptors (Lipinski definition) is 7. The quantitative estimate of drug-likeness (QED) is 0.402. The number of hydrazine groups is 1. The number of imide groups is 1. The maximum atomic E-state index is 12.4. The van der Waals surface area contributed by atoms with E-state index in [2.05, 4.69) is 0 Å². The monoisotopic (exact) mass is 410 g/mol. The first-order valence-corrected chi connectivity index (χ1v) is 9.59. The molecule has 0 radical (unpaired) electrons. The molecule has 1 fully saturated rings. The van der Waals surface area contributed by atoms with E-state index >= 15 is 0 Å². The van der Waals surface area contributed by atoms with Crippen LogP contribution in [0.5, 0.6) is 0 Å². The number of β-amino-alcohol motifs (C(OH)–C–C–N with tert-alkyl or cyclic N) is 1. The van der Waals surface area contributed by atoms with Crippen molar-refractivity contribution >= 4 is 29.1 Å². The van der Waals surface area contributed by atoms with Crippen molar-refractivity contribution in [3.05, 3.63) is 59.7 Å². The van der Waals surface area contributed by atoms with Crippen LogP contribution >= 0.6 is 0 Å². The van der Waals surface area contributed by atoms with E-state index in [4.69, 9.17) is 10.6 Å². The first kappa shape index (κ1) is 20.0. The summed E-state index contributed by atoms with van der Waals surface area (Å²) in [7, 11) is 0.